The highest BCUT2D eigenvalue weighted by Crippen LogP contribution is 2.29. The first-order chi connectivity index (χ1) is 8.78. The molecule has 0 atom stereocenters. The molecule has 0 saturated carbocycles. The van der Waals surface area contributed by atoms with E-state index >= 15 is 0 Å². The second-order valence-corrected chi connectivity index (χ2v) is 7.31. The predicted octanol–water partition coefficient (Wildman–Crippen LogP) is 0.852. The Bertz CT molecular complexity index is 542. The summed E-state index contributed by atoms with van der Waals surface area (Å²) >= 11 is 0. The van der Waals surface area contributed by atoms with E-state index in [-0.39, 0.29) is 6.26 Å². The Morgan fingerprint density at radius 1 is 1.20 bits per heavy atom. The highest BCUT2D eigenvalue weighted by Gasteiger charge is 2.39. The van der Waals surface area contributed by atoms with Crippen molar-refractivity contribution in [2.24, 2.45) is 0 Å². The largest absolute Gasteiger partial charge is 0.480 e. The molecular formula is C8H15F3N3O4S2-. The zero-order valence-electron chi connectivity index (χ0n) is 11.0. The molecule has 0 bridgehead atoms. The van der Waals surface area contributed by atoms with Crippen LogP contribution in [0.5, 0.6) is 0 Å². The zero-order valence-corrected chi connectivity index (χ0v) is 12.6. The number of hydrogen-bond acceptors (Lipinski definition) is 6. The van der Waals surface area contributed by atoms with Crippen molar-refractivity contribution in [1.82, 2.24) is 9.80 Å². The summed E-state index contributed by atoms with van der Waals surface area (Å²) in [5, 5.41) is 0. The number of alkyl halides is 3. The first-order valence-corrected chi connectivity index (χ1v) is 8.45. The van der Waals surface area contributed by atoms with Crippen LogP contribution < -0.4 is 0 Å². The summed E-state index contributed by atoms with van der Waals surface area (Å²) in [6.45, 7) is 4.32. The van der Waals surface area contributed by atoms with E-state index in [1.54, 1.807) is 4.13 Å². The molecule has 20 heavy (non-hydrogen) atoms. The van der Waals surface area contributed by atoms with Crippen LogP contribution in [0.15, 0.2) is 12.4 Å². The van der Waals surface area contributed by atoms with E-state index in [0.717, 1.165) is 13.2 Å². The van der Waals surface area contributed by atoms with Crippen LogP contribution in [-0.2, 0) is 20.0 Å². The fourth-order valence-electron chi connectivity index (χ4n) is 1.01. The number of nitrogens with zero attached hydrogens (tertiary/aromatic N) is 3. The van der Waals surface area contributed by atoms with Crippen LogP contribution in [0.1, 0.15) is 6.92 Å². The minimum atomic E-state index is -5.92. The summed E-state index contributed by atoms with van der Waals surface area (Å²) in [7, 11) is -8.39. The highest BCUT2D eigenvalue weighted by molar-refractivity contribution is 8.12. The first kappa shape index (κ1) is 19.0. The molecule has 7 nitrogen and oxygen atoms in total. The van der Waals surface area contributed by atoms with Gasteiger partial charge in [0.2, 0.25) is 0 Å². The van der Waals surface area contributed by atoms with Crippen LogP contribution in [-0.4, -0.2) is 58.7 Å². The predicted molar refractivity (Wildman–Crippen MR) is 67.3 cm³/mol. The zero-order chi connectivity index (χ0) is 16.2. The van der Waals surface area contributed by atoms with Crippen molar-refractivity contribution in [3.8, 4) is 0 Å². The lowest BCUT2D eigenvalue weighted by molar-refractivity contribution is -0.0425. The molecule has 0 aromatic rings. The molecular weight excluding hydrogens is 323 g/mol. The summed E-state index contributed by atoms with van der Waals surface area (Å²) < 4.78 is 76.0. The van der Waals surface area contributed by atoms with Gasteiger partial charge >= 0.3 is 5.51 Å². The Labute approximate surface area is 116 Å². The summed E-state index contributed by atoms with van der Waals surface area (Å²) in [4.78, 5) is 4.41. The quantitative estimate of drug-likeness (QED) is 0.758. The van der Waals surface area contributed by atoms with Crippen LogP contribution >= 0.6 is 0 Å². The molecule has 0 saturated heterocycles. The molecule has 0 fully saturated rings. The van der Waals surface area contributed by atoms with E-state index in [1.807, 2.05) is 0 Å². The Hall–Kier alpha value is -1.01. The molecule has 0 unspecified atom stereocenters. The van der Waals surface area contributed by atoms with Gasteiger partial charge in [-0.05, 0) is 6.92 Å². The fraction of sp³-hybridized carbons (Fsp3) is 0.750. The van der Waals surface area contributed by atoms with Crippen molar-refractivity contribution < 1.29 is 30.0 Å². The molecule has 0 aromatic carbocycles. The normalized spacial score (nSPS) is 16.1. The van der Waals surface area contributed by atoms with Gasteiger partial charge in [-0.3, -0.25) is 0 Å². The Balaban J connectivity index is 0.000000388. The van der Waals surface area contributed by atoms with Gasteiger partial charge in [0.1, 0.15) is 0 Å². The van der Waals surface area contributed by atoms with Gasteiger partial charge in [-0.1, -0.05) is 0 Å². The van der Waals surface area contributed by atoms with Gasteiger partial charge < -0.3 is 13.9 Å². The number of halogens is 3. The van der Waals surface area contributed by atoms with Gasteiger partial charge in [0, 0.05) is 32.2 Å². The molecule has 0 radical (unpaired) electrons. The van der Waals surface area contributed by atoms with Crippen LogP contribution in [0.4, 0.5) is 13.2 Å². The van der Waals surface area contributed by atoms with Crippen LogP contribution in [0.25, 0.3) is 4.13 Å². The molecule has 0 aromatic heterocycles. The number of sulfonamides is 2. The minimum Gasteiger partial charge on any atom is -0.429 e. The molecule has 0 N–H and O–H groups in total. The maximum atomic E-state index is 11.4. The van der Waals surface area contributed by atoms with Gasteiger partial charge in [0.25, 0.3) is 0 Å². The molecule has 0 spiro atoms. The van der Waals surface area contributed by atoms with E-state index in [9.17, 15) is 30.0 Å². The fourth-order valence-corrected chi connectivity index (χ4v) is 2.78. The van der Waals surface area contributed by atoms with Gasteiger partial charge in [0.05, 0.1) is 16.7 Å². The highest BCUT2D eigenvalue weighted by atomic mass is 32.3. The topological polar surface area (TPSA) is 88.9 Å². The number of hydrogen-bond donors (Lipinski definition) is 0. The molecule has 0 aliphatic carbocycles. The Morgan fingerprint density at radius 3 is 1.85 bits per heavy atom. The lowest BCUT2D eigenvalue weighted by atomic mass is 10.6. The maximum absolute atomic E-state index is 11.4. The summed E-state index contributed by atoms with van der Waals surface area (Å²) in [6.07, 6.45) is 4.44. The van der Waals surface area contributed by atoms with Gasteiger partial charge in [-0.15, -0.1) is 0 Å². The smallest absolute Gasteiger partial charge is 0.429 e. The van der Waals surface area contributed by atoms with Gasteiger partial charge in [-0.2, -0.15) is 13.2 Å². The third-order valence-corrected chi connectivity index (χ3v) is 4.32. The minimum absolute atomic E-state index is 0.246. The third-order valence-electron chi connectivity index (χ3n) is 1.87. The van der Waals surface area contributed by atoms with Crippen LogP contribution in [0, 0.1) is 0 Å². The van der Waals surface area contributed by atoms with Crippen molar-refractivity contribution in [3.63, 3.8) is 0 Å². The first-order valence-electron chi connectivity index (χ1n) is 5.16. The Morgan fingerprint density at radius 2 is 1.70 bits per heavy atom. The average molecular weight is 338 g/mol. The standard InChI is InChI=1S/C6H12N2.C2H3F3NO4S2/c1-3-8-5-4-7(2)6-8;1-11(7,8)6-12(9,10)2(3,4)5/h4-5H,3,6H2,1-2H3;1H3/q;-1. The lowest BCUT2D eigenvalue weighted by Gasteiger charge is -2.19. The van der Waals surface area contributed by atoms with Crippen molar-refractivity contribution in [2.45, 2.75) is 12.4 Å². The summed E-state index contributed by atoms with van der Waals surface area (Å²) in [5.41, 5.74) is -5.67. The second-order valence-electron chi connectivity index (χ2n) is 3.83. The molecule has 1 heterocycles. The van der Waals surface area contributed by atoms with Gasteiger partial charge in [-0.25, -0.2) is 16.8 Å². The van der Waals surface area contributed by atoms with E-state index < -0.39 is 25.6 Å². The van der Waals surface area contributed by atoms with E-state index in [4.69, 9.17) is 0 Å². The van der Waals surface area contributed by atoms with Crippen molar-refractivity contribution in [2.75, 3.05) is 26.5 Å². The summed E-state index contributed by atoms with van der Waals surface area (Å²) in [5.74, 6) is 0. The third kappa shape index (κ3) is 6.96. The Kier molecular flexibility index (Phi) is 6.29. The van der Waals surface area contributed by atoms with E-state index in [2.05, 4.69) is 36.2 Å². The monoisotopic (exact) mass is 338 g/mol. The molecule has 1 rings (SSSR count). The van der Waals surface area contributed by atoms with Crippen molar-refractivity contribution >= 4 is 20.0 Å². The molecule has 0 amide bonds. The average Bonchev–Trinajstić information content (AvgIpc) is 2.59. The van der Waals surface area contributed by atoms with Gasteiger partial charge in [0.15, 0.2) is 10.0 Å². The maximum Gasteiger partial charge on any atom is 0.480 e. The number of rotatable bonds is 3. The molecule has 1 aliphatic rings. The van der Waals surface area contributed by atoms with Crippen molar-refractivity contribution in [1.29, 1.82) is 0 Å². The second kappa shape index (κ2) is 6.63. The lowest BCUT2D eigenvalue weighted by Crippen LogP contribution is -2.23. The van der Waals surface area contributed by atoms with Crippen LogP contribution in [0.3, 0.4) is 0 Å². The van der Waals surface area contributed by atoms with E-state index in [0.29, 0.717) is 0 Å². The molecule has 12 heteroatoms. The molecule has 120 valence electrons. The van der Waals surface area contributed by atoms with Crippen molar-refractivity contribution in [3.05, 3.63) is 16.5 Å². The van der Waals surface area contributed by atoms with Crippen LogP contribution in [0.2, 0.25) is 0 Å². The summed E-state index contributed by atoms with van der Waals surface area (Å²) in [6, 6.07) is 0. The molecule has 1 aliphatic heterocycles. The SMILES string of the molecule is CCN1C=CN(C)C1.CS(=O)(=O)[N-]S(=O)(=O)C(F)(F)F. The van der Waals surface area contributed by atoms with E-state index in [1.165, 1.54) is 0 Å².